The van der Waals surface area contributed by atoms with Gasteiger partial charge in [-0.1, -0.05) is 24.3 Å². The minimum atomic E-state index is -0.328. The van der Waals surface area contributed by atoms with Crippen molar-refractivity contribution >= 4 is 5.91 Å². The maximum absolute atomic E-state index is 13.9. The molecule has 1 heterocycles. The van der Waals surface area contributed by atoms with E-state index >= 15 is 0 Å². The van der Waals surface area contributed by atoms with Crippen LogP contribution in [0.25, 0.3) is 0 Å². The van der Waals surface area contributed by atoms with Crippen molar-refractivity contribution in [3.05, 3.63) is 83.1 Å². The van der Waals surface area contributed by atoms with Crippen molar-refractivity contribution in [3.63, 3.8) is 0 Å². The number of halogens is 1. The Kier molecular flexibility index (Phi) is 5.02. The second-order valence-corrected chi connectivity index (χ2v) is 6.58. The van der Waals surface area contributed by atoms with Gasteiger partial charge in [-0.05, 0) is 54.3 Å². The largest absolute Gasteiger partial charge is 0.493 e. The molecule has 1 aromatic heterocycles. The van der Waals surface area contributed by atoms with Crippen LogP contribution in [-0.4, -0.2) is 13.0 Å². The van der Waals surface area contributed by atoms with E-state index in [1.807, 2.05) is 18.2 Å². The lowest BCUT2D eigenvalue weighted by Gasteiger charge is -2.13. The topological polar surface area (TPSA) is 60.7 Å². The van der Waals surface area contributed by atoms with Crippen LogP contribution >= 0.6 is 0 Å². The highest BCUT2D eigenvalue weighted by Gasteiger charge is 2.27. The standard InChI is InChI=1S/C22H20FNO4/c1-26-19-7-2-3-8-20(19)27-13-14-9-12-21(28-14)22(25)24-18-11-10-15-16(18)5-4-6-17(15)23/h2-9,12,18H,10-11,13H2,1H3,(H,24,25). The van der Waals surface area contributed by atoms with E-state index in [0.29, 0.717) is 35.7 Å². The van der Waals surface area contributed by atoms with Gasteiger partial charge >= 0.3 is 0 Å². The van der Waals surface area contributed by atoms with Crippen LogP contribution in [-0.2, 0) is 13.0 Å². The zero-order chi connectivity index (χ0) is 19.5. The molecule has 0 aliphatic heterocycles. The first-order valence-electron chi connectivity index (χ1n) is 9.08. The van der Waals surface area contributed by atoms with E-state index in [-0.39, 0.29) is 30.1 Å². The molecule has 0 fully saturated rings. The average molecular weight is 381 g/mol. The predicted octanol–water partition coefficient (Wildman–Crippen LogP) is 4.42. The Labute approximate surface area is 162 Å². The number of hydrogen-bond acceptors (Lipinski definition) is 4. The molecule has 1 atom stereocenters. The van der Waals surface area contributed by atoms with Crippen molar-refractivity contribution in [2.45, 2.75) is 25.5 Å². The fraction of sp³-hybridized carbons (Fsp3) is 0.227. The molecule has 1 aliphatic carbocycles. The molecular weight excluding hydrogens is 361 g/mol. The van der Waals surface area contributed by atoms with Gasteiger partial charge < -0.3 is 19.2 Å². The Morgan fingerprint density at radius 1 is 1.14 bits per heavy atom. The number of nitrogens with one attached hydrogen (secondary N) is 1. The van der Waals surface area contributed by atoms with Gasteiger partial charge in [-0.15, -0.1) is 0 Å². The van der Waals surface area contributed by atoms with Crippen LogP contribution in [0.5, 0.6) is 11.5 Å². The van der Waals surface area contributed by atoms with Gasteiger partial charge in [-0.3, -0.25) is 4.79 Å². The zero-order valence-electron chi connectivity index (χ0n) is 15.4. The van der Waals surface area contributed by atoms with Gasteiger partial charge in [0.1, 0.15) is 18.2 Å². The summed E-state index contributed by atoms with van der Waals surface area (Å²) >= 11 is 0. The number of benzene rings is 2. The highest BCUT2D eigenvalue weighted by atomic mass is 19.1. The fourth-order valence-electron chi connectivity index (χ4n) is 3.45. The molecule has 1 aliphatic rings. The first kappa shape index (κ1) is 18.1. The zero-order valence-corrected chi connectivity index (χ0v) is 15.4. The van der Waals surface area contributed by atoms with E-state index in [2.05, 4.69) is 5.32 Å². The highest BCUT2D eigenvalue weighted by molar-refractivity contribution is 5.91. The summed E-state index contributed by atoms with van der Waals surface area (Å²) in [5, 5.41) is 2.92. The third-order valence-electron chi connectivity index (χ3n) is 4.84. The summed E-state index contributed by atoms with van der Waals surface area (Å²) < 4.78 is 30.4. The smallest absolute Gasteiger partial charge is 0.287 e. The van der Waals surface area contributed by atoms with Crippen LogP contribution in [0.4, 0.5) is 4.39 Å². The van der Waals surface area contributed by atoms with Gasteiger partial charge in [0, 0.05) is 0 Å². The normalized spacial score (nSPS) is 15.1. The minimum absolute atomic E-state index is 0.172. The minimum Gasteiger partial charge on any atom is -0.493 e. The van der Waals surface area contributed by atoms with Crippen LogP contribution in [0.2, 0.25) is 0 Å². The van der Waals surface area contributed by atoms with Crippen molar-refractivity contribution < 1.29 is 23.1 Å². The first-order chi connectivity index (χ1) is 13.7. The van der Waals surface area contributed by atoms with Gasteiger partial charge in [0.2, 0.25) is 0 Å². The molecule has 1 N–H and O–H groups in total. The van der Waals surface area contributed by atoms with Gasteiger partial charge in [0.15, 0.2) is 17.3 Å². The number of furan rings is 1. The van der Waals surface area contributed by atoms with Gasteiger partial charge in [0.05, 0.1) is 13.2 Å². The first-order valence-corrected chi connectivity index (χ1v) is 9.08. The molecule has 5 nitrogen and oxygen atoms in total. The number of carbonyl (C=O) groups is 1. The van der Waals surface area contributed by atoms with E-state index in [0.717, 1.165) is 5.56 Å². The summed E-state index contributed by atoms with van der Waals surface area (Å²) in [6.07, 6.45) is 1.29. The Morgan fingerprint density at radius 3 is 2.79 bits per heavy atom. The van der Waals surface area contributed by atoms with Crippen molar-refractivity contribution in [2.24, 2.45) is 0 Å². The number of para-hydroxylation sites is 2. The Morgan fingerprint density at radius 2 is 1.96 bits per heavy atom. The maximum Gasteiger partial charge on any atom is 0.287 e. The average Bonchev–Trinajstić information content (AvgIpc) is 3.35. The van der Waals surface area contributed by atoms with Crippen LogP contribution in [0.1, 0.15) is 39.9 Å². The van der Waals surface area contributed by atoms with Crippen LogP contribution < -0.4 is 14.8 Å². The number of carbonyl (C=O) groups excluding carboxylic acids is 1. The summed E-state index contributed by atoms with van der Waals surface area (Å²) in [7, 11) is 1.57. The lowest BCUT2D eigenvalue weighted by Crippen LogP contribution is -2.26. The summed E-state index contributed by atoms with van der Waals surface area (Å²) in [5.41, 5.74) is 1.51. The lowest BCUT2D eigenvalue weighted by atomic mass is 10.1. The fourth-order valence-corrected chi connectivity index (χ4v) is 3.45. The number of hydrogen-bond donors (Lipinski definition) is 1. The summed E-state index contributed by atoms with van der Waals surface area (Å²) in [6.45, 7) is 0.172. The number of methoxy groups -OCH3 is 1. The molecule has 0 spiro atoms. The van der Waals surface area contributed by atoms with E-state index in [4.69, 9.17) is 13.9 Å². The van der Waals surface area contributed by atoms with Gasteiger partial charge in [-0.25, -0.2) is 4.39 Å². The van der Waals surface area contributed by atoms with Crippen molar-refractivity contribution in [2.75, 3.05) is 7.11 Å². The number of amides is 1. The third-order valence-corrected chi connectivity index (χ3v) is 4.84. The predicted molar refractivity (Wildman–Crippen MR) is 101 cm³/mol. The summed E-state index contributed by atoms with van der Waals surface area (Å²) in [6, 6.07) is 15.4. The third kappa shape index (κ3) is 3.58. The summed E-state index contributed by atoms with van der Waals surface area (Å²) in [4.78, 5) is 12.5. The second-order valence-electron chi connectivity index (χ2n) is 6.58. The molecule has 3 aromatic rings. The molecule has 1 amide bonds. The number of rotatable bonds is 6. The van der Waals surface area contributed by atoms with Gasteiger partial charge in [-0.2, -0.15) is 0 Å². The Balaban J connectivity index is 1.40. The number of fused-ring (bicyclic) bond motifs is 1. The molecule has 0 saturated heterocycles. The molecule has 4 rings (SSSR count). The highest BCUT2D eigenvalue weighted by Crippen LogP contribution is 2.33. The van der Waals surface area contributed by atoms with Crippen LogP contribution in [0.3, 0.4) is 0 Å². The van der Waals surface area contributed by atoms with Crippen LogP contribution in [0.15, 0.2) is 59.0 Å². The van der Waals surface area contributed by atoms with Crippen molar-refractivity contribution in [1.82, 2.24) is 5.32 Å². The van der Waals surface area contributed by atoms with E-state index < -0.39 is 0 Å². The van der Waals surface area contributed by atoms with Gasteiger partial charge in [0.25, 0.3) is 5.91 Å². The van der Waals surface area contributed by atoms with Crippen LogP contribution in [0, 0.1) is 5.82 Å². The van der Waals surface area contributed by atoms with E-state index in [9.17, 15) is 9.18 Å². The SMILES string of the molecule is COc1ccccc1OCc1ccc(C(=O)NC2CCc3c(F)cccc32)o1. The quantitative estimate of drug-likeness (QED) is 0.686. The molecule has 1 unspecified atom stereocenters. The van der Waals surface area contributed by atoms with E-state index in [1.54, 1.807) is 37.4 Å². The molecular formula is C22H20FNO4. The molecule has 144 valence electrons. The van der Waals surface area contributed by atoms with Crippen molar-refractivity contribution in [1.29, 1.82) is 0 Å². The van der Waals surface area contributed by atoms with Crippen molar-refractivity contribution in [3.8, 4) is 11.5 Å². The molecule has 28 heavy (non-hydrogen) atoms. The maximum atomic E-state index is 13.9. The second kappa shape index (κ2) is 7.76. The monoisotopic (exact) mass is 381 g/mol. The number of ether oxygens (including phenoxy) is 2. The Hall–Kier alpha value is -3.28. The lowest BCUT2D eigenvalue weighted by molar-refractivity contribution is 0.0904. The Bertz CT molecular complexity index is 998. The van der Waals surface area contributed by atoms with E-state index in [1.165, 1.54) is 6.07 Å². The molecule has 6 heteroatoms. The molecule has 0 radical (unpaired) electrons. The molecule has 0 saturated carbocycles. The summed E-state index contributed by atoms with van der Waals surface area (Å²) in [5.74, 6) is 1.39. The molecule has 2 aromatic carbocycles. The molecule has 0 bridgehead atoms.